The highest BCUT2D eigenvalue weighted by Gasteiger charge is 2.23. The zero-order chi connectivity index (χ0) is 14.5. The number of carbonyl (C=O) groups is 2. The van der Waals surface area contributed by atoms with E-state index in [1.165, 1.54) is 0 Å². The molecule has 2 rings (SSSR count). The molecule has 1 fully saturated rings. The first-order valence-corrected chi connectivity index (χ1v) is 7.05. The number of hydrogen-bond donors (Lipinski definition) is 0. The molecule has 1 aromatic rings. The van der Waals surface area contributed by atoms with Crippen LogP contribution in [0.1, 0.15) is 47.7 Å². The molecule has 1 aromatic heterocycles. The fraction of sp³-hybridized carbons (Fsp3) is 0.533. The molecule has 1 aliphatic heterocycles. The van der Waals surface area contributed by atoms with Gasteiger partial charge in [0.15, 0.2) is 0 Å². The number of amides is 1. The molecule has 0 atom stereocenters. The molecule has 0 radical (unpaired) electrons. The molecule has 5 heteroatoms. The maximum atomic E-state index is 12.4. The number of aromatic nitrogens is 1. The van der Waals surface area contributed by atoms with E-state index in [2.05, 4.69) is 11.9 Å². The van der Waals surface area contributed by atoms with Crippen LogP contribution in [0.15, 0.2) is 18.2 Å². The predicted octanol–water partition coefficient (Wildman–Crippen LogP) is 2.13. The van der Waals surface area contributed by atoms with E-state index in [1.807, 2.05) is 0 Å². The molecule has 1 saturated heterocycles. The largest absolute Gasteiger partial charge is 0.461 e. The van der Waals surface area contributed by atoms with Crippen molar-refractivity contribution in [2.24, 2.45) is 5.92 Å². The monoisotopic (exact) mass is 276 g/mol. The number of hydrogen-bond acceptors (Lipinski definition) is 4. The van der Waals surface area contributed by atoms with Crippen LogP contribution in [0.5, 0.6) is 0 Å². The highest BCUT2D eigenvalue weighted by atomic mass is 16.5. The Bertz CT molecular complexity index is 494. The molecule has 1 amide bonds. The molecular weight excluding hydrogens is 256 g/mol. The van der Waals surface area contributed by atoms with Crippen molar-refractivity contribution < 1.29 is 14.3 Å². The lowest BCUT2D eigenvalue weighted by Gasteiger charge is -2.30. The molecule has 1 aliphatic rings. The number of rotatable bonds is 3. The minimum absolute atomic E-state index is 0.108. The number of likely N-dealkylation sites (tertiary alicyclic amines) is 1. The third-order valence-electron chi connectivity index (χ3n) is 3.52. The van der Waals surface area contributed by atoms with Gasteiger partial charge >= 0.3 is 5.97 Å². The predicted molar refractivity (Wildman–Crippen MR) is 74.5 cm³/mol. The van der Waals surface area contributed by atoms with Crippen LogP contribution in [0.2, 0.25) is 0 Å². The topological polar surface area (TPSA) is 59.5 Å². The second-order valence-electron chi connectivity index (χ2n) is 5.10. The van der Waals surface area contributed by atoms with E-state index in [0.717, 1.165) is 25.9 Å². The van der Waals surface area contributed by atoms with Gasteiger partial charge in [-0.3, -0.25) is 4.79 Å². The highest BCUT2D eigenvalue weighted by molar-refractivity contribution is 5.94. The first kappa shape index (κ1) is 14.5. The molecule has 108 valence electrons. The summed E-state index contributed by atoms with van der Waals surface area (Å²) < 4.78 is 4.90. The van der Waals surface area contributed by atoms with Crippen molar-refractivity contribution in [2.75, 3.05) is 19.7 Å². The summed E-state index contributed by atoms with van der Waals surface area (Å²) in [6.45, 7) is 5.74. The summed E-state index contributed by atoms with van der Waals surface area (Å²) in [6, 6.07) is 4.87. The van der Waals surface area contributed by atoms with Crippen LogP contribution in [0.4, 0.5) is 0 Å². The van der Waals surface area contributed by atoms with Crippen LogP contribution >= 0.6 is 0 Å². The van der Waals surface area contributed by atoms with E-state index >= 15 is 0 Å². The number of nitrogens with zero attached hydrogens (tertiary/aromatic N) is 2. The number of esters is 1. The van der Waals surface area contributed by atoms with Gasteiger partial charge in [-0.05, 0) is 37.8 Å². The standard InChI is InChI=1S/C15H20N2O3/c1-3-20-15(19)13-6-4-5-12(16-13)14(18)17-9-7-11(2)8-10-17/h4-6,11H,3,7-10H2,1-2H3. The van der Waals surface area contributed by atoms with E-state index in [0.29, 0.717) is 18.2 Å². The minimum atomic E-state index is -0.491. The van der Waals surface area contributed by atoms with Gasteiger partial charge in [-0.15, -0.1) is 0 Å². The van der Waals surface area contributed by atoms with Crippen LogP contribution in [-0.4, -0.2) is 41.5 Å². The van der Waals surface area contributed by atoms with Crippen molar-refractivity contribution in [3.8, 4) is 0 Å². The van der Waals surface area contributed by atoms with Crippen LogP contribution in [0.3, 0.4) is 0 Å². The van der Waals surface area contributed by atoms with Crippen LogP contribution in [0, 0.1) is 5.92 Å². The first-order valence-electron chi connectivity index (χ1n) is 7.05. The van der Waals surface area contributed by atoms with Crippen molar-refractivity contribution in [3.05, 3.63) is 29.6 Å². The summed E-state index contributed by atoms with van der Waals surface area (Å²) in [5.74, 6) is 0.0651. The Balaban J connectivity index is 2.10. The van der Waals surface area contributed by atoms with Gasteiger partial charge in [0.1, 0.15) is 11.4 Å². The van der Waals surface area contributed by atoms with Gasteiger partial charge in [0, 0.05) is 13.1 Å². The average molecular weight is 276 g/mol. The summed E-state index contributed by atoms with van der Waals surface area (Å²) in [4.78, 5) is 29.9. The molecule has 0 bridgehead atoms. The third-order valence-corrected chi connectivity index (χ3v) is 3.52. The summed E-state index contributed by atoms with van der Waals surface area (Å²) in [6.07, 6.45) is 2.03. The van der Waals surface area contributed by atoms with Gasteiger partial charge in [-0.1, -0.05) is 13.0 Å². The molecule has 0 N–H and O–H groups in total. The first-order chi connectivity index (χ1) is 9.61. The Kier molecular flexibility index (Phi) is 4.71. The normalized spacial score (nSPS) is 16.0. The Morgan fingerprint density at radius 2 is 1.95 bits per heavy atom. The smallest absolute Gasteiger partial charge is 0.356 e. The van der Waals surface area contributed by atoms with E-state index in [1.54, 1.807) is 30.0 Å². The molecule has 2 heterocycles. The molecule has 20 heavy (non-hydrogen) atoms. The molecular formula is C15H20N2O3. The Morgan fingerprint density at radius 1 is 1.30 bits per heavy atom. The maximum absolute atomic E-state index is 12.4. The Labute approximate surface area is 118 Å². The lowest BCUT2D eigenvalue weighted by molar-refractivity contribution is 0.0519. The zero-order valence-electron chi connectivity index (χ0n) is 12.0. The van der Waals surface area contributed by atoms with Gasteiger partial charge in [-0.25, -0.2) is 9.78 Å². The van der Waals surface area contributed by atoms with Crippen LogP contribution in [0.25, 0.3) is 0 Å². The van der Waals surface area contributed by atoms with Crippen molar-refractivity contribution in [1.82, 2.24) is 9.88 Å². The lowest BCUT2D eigenvalue weighted by atomic mass is 9.99. The average Bonchev–Trinajstić information content (AvgIpc) is 2.48. The number of pyridine rings is 1. The van der Waals surface area contributed by atoms with Gasteiger partial charge < -0.3 is 9.64 Å². The number of ether oxygens (including phenoxy) is 1. The van der Waals surface area contributed by atoms with Gasteiger partial charge in [0.05, 0.1) is 6.61 Å². The van der Waals surface area contributed by atoms with Gasteiger partial charge in [0.2, 0.25) is 0 Å². The Hall–Kier alpha value is -1.91. The van der Waals surface area contributed by atoms with E-state index < -0.39 is 5.97 Å². The van der Waals surface area contributed by atoms with E-state index in [-0.39, 0.29) is 11.6 Å². The molecule has 0 spiro atoms. The second-order valence-corrected chi connectivity index (χ2v) is 5.10. The molecule has 0 aromatic carbocycles. The fourth-order valence-electron chi connectivity index (χ4n) is 2.25. The molecule has 0 saturated carbocycles. The highest BCUT2D eigenvalue weighted by Crippen LogP contribution is 2.17. The SMILES string of the molecule is CCOC(=O)c1cccc(C(=O)N2CCC(C)CC2)n1. The summed E-state index contributed by atoms with van der Waals surface area (Å²) in [5.41, 5.74) is 0.494. The molecule has 0 aliphatic carbocycles. The van der Waals surface area contributed by atoms with Crippen molar-refractivity contribution in [3.63, 3.8) is 0 Å². The lowest BCUT2D eigenvalue weighted by Crippen LogP contribution is -2.38. The second kappa shape index (κ2) is 6.50. The van der Waals surface area contributed by atoms with Crippen molar-refractivity contribution in [1.29, 1.82) is 0 Å². The van der Waals surface area contributed by atoms with Gasteiger partial charge in [-0.2, -0.15) is 0 Å². The minimum Gasteiger partial charge on any atom is -0.461 e. The van der Waals surface area contributed by atoms with Crippen molar-refractivity contribution in [2.45, 2.75) is 26.7 Å². The summed E-state index contributed by atoms with van der Waals surface area (Å²) in [5, 5.41) is 0. The molecule has 0 unspecified atom stereocenters. The number of piperidine rings is 1. The quantitative estimate of drug-likeness (QED) is 0.793. The number of carbonyl (C=O) groups excluding carboxylic acids is 2. The zero-order valence-corrected chi connectivity index (χ0v) is 12.0. The fourth-order valence-corrected chi connectivity index (χ4v) is 2.25. The van der Waals surface area contributed by atoms with Crippen LogP contribution in [-0.2, 0) is 4.74 Å². The van der Waals surface area contributed by atoms with E-state index in [9.17, 15) is 9.59 Å². The maximum Gasteiger partial charge on any atom is 0.356 e. The van der Waals surface area contributed by atoms with Crippen molar-refractivity contribution >= 4 is 11.9 Å². The summed E-state index contributed by atoms with van der Waals surface area (Å²) >= 11 is 0. The van der Waals surface area contributed by atoms with E-state index in [4.69, 9.17) is 4.74 Å². The Morgan fingerprint density at radius 3 is 2.60 bits per heavy atom. The van der Waals surface area contributed by atoms with Gasteiger partial charge in [0.25, 0.3) is 5.91 Å². The van der Waals surface area contributed by atoms with Crippen LogP contribution < -0.4 is 0 Å². The molecule has 5 nitrogen and oxygen atoms in total. The third kappa shape index (κ3) is 3.35. The summed E-state index contributed by atoms with van der Waals surface area (Å²) in [7, 11) is 0.